The molecule has 2 N–H and O–H groups in total. The number of ether oxygens (including phenoxy) is 13. The predicted octanol–water partition coefficient (Wildman–Crippen LogP) is 3.76. The van der Waals surface area contributed by atoms with E-state index in [4.69, 9.17) is 61.6 Å². The number of amides is 3. The first-order valence-corrected chi connectivity index (χ1v) is 32.1. The van der Waals surface area contributed by atoms with Crippen LogP contribution in [0.15, 0.2) is 72.8 Å². The van der Waals surface area contributed by atoms with Crippen LogP contribution in [0.3, 0.4) is 0 Å². The summed E-state index contributed by atoms with van der Waals surface area (Å²) >= 11 is 0. The number of hydrogen-bond donors (Lipinski definition) is 2. The third kappa shape index (κ3) is 35.0. The summed E-state index contributed by atoms with van der Waals surface area (Å²) in [7, 11) is 0. The highest BCUT2D eigenvalue weighted by Crippen LogP contribution is 2.35. The Labute approximate surface area is 604 Å². The summed E-state index contributed by atoms with van der Waals surface area (Å²) in [6, 6.07) is 16.0. The first kappa shape index (κ1) is 89.1. The highest BCUT2D eigenvalue weighted by atomic mass is 16.7. The molecule has 8 atom stereocenters. The molecule has 0 radical (unpaired) electrons. The van der Waals surface area contributed by atoms with Gasteiger partial charge in [-0.25, -0.2) is 28.8 Å². The molecule has 0 saturated carbocycles. The lowest BCUT2D eigenvalue weighted by Gasteiger charge is -2.44. The van der Waals surface area contributed by atoms with Gasteiger partial charge in [0, 0.05) is 60.3 Å². The van der Waals surface area contributed by atoms with Gasteiger partial charge in [-0.15, -0.1) is 14.0 Å². The number of hydrogen-bond acceptors (Lipinski definition) is 28. The normalized spacial score (nSPS) is 16.4. The maximum atomic E-state index is 12.5. The number of benzene rings is 3. The van der Waals surface area contributed by atoms with Gasteiger partial charge >= 0.3 is 84.7 Å². The zero-order valence-corrected chi connectivity index (χ0v) is 58.9. The number of Topliss-reactive ketones (excluding diaryl/α,β-unsaturated/α-hetero) is 4. The lowest BCUT2D eigenvalue weighted by atomic mass is 9.86. The minimum absolute atomic E-state index is 0. The van der Waals surface area contributed by atoms with Gasteiger partial charge in [-0.1, -0.05) is 43.8 Å². The molecule has 2 aliphatic heterocycles. The number of cyclic esters (lactones) is 1. The number of rotatable bonds is 34. The fourth-order valence-electron chi connectivity index (χ4n) is 9.27. The Balaban J connectivity index is 0.000000571. The second kappa shape index (κ2) is 47.3. The van der Waals surface area contributed by atoms with Crippen molar-refractivity contribution >= 4 is 128 Å². The topological polar surface area (TPSA) is 446 Å². The van der Waals surface area contributed by atoms with Gasteiger partial charge in [-0.05, 0) is 100 Å². The second-order valence-electron chi connectivity index (χ2n) is 22.7. The maximum absolute atomic E-state index is 12.5. The van der Waals surface area contributed by atoms with Crippen molar-refractivity contribution in [3.63, 3.8) is 0 Å². The van der Waals surface area contributed by atoms with Crippen molar-refractivity contribution < 1.29 is 133 Å². The van der Waals surface area contributed by atoms with Gasteiger partial charge < -0.3 is 77.0 Å². The smallest absolute Gasteiger partial charge is 0.413 e. The van der Waals surface area contributed by atoms with Crippen LogP contribution >= 0.6 is 0 Å². The highest BCUT2D eigenvalue weighted by molar-refractivity contribution is 6.28. The number of esters is 8. The lowest BCUT2D eigenvalue weighted by molar-refractivity contribution is -0.270. The average Bonchev–Trinajstić information content (AvgIpc) is 1.32. The van der Waals surface area contributed by atoms with E-state index >= 15 is 0 Å². The largest absolute Gasteiger partial charge is 0.464 e. The summed E-state index contributed by atoms with van der Waals surface area (Å²) in [6.45, 7) is 21.1. The van der Waals surface area contributed by atoms with Crippen molar-refractivity contribution in [2.24, 2.45) is 5.92 Å². The minimum Gasteiger partial charge on any atom is -0.464 e. The molecule has 34 nitrogen and oxygen atoms in total. The quantitative estimate of drug-likeness (QED) is 0.0282. The van der Waals surface area contributed by atoms with Crippen LogP contribution in [0.25, 0.3) is 0 Å². The van der Waals surface area contributed by atoms with Crippen LogP contribution in [0.5, 0.6) is 17.2 Å². The molecule has 0 aliphatic carbocycles. The number of carbonyl (C=O) groups is 15. The van der Waals surface area contributed by atoms with Gasteiger partial charge in [-0.2, -0.15) is 0 Å². The molecule has 568 valence electrons. The molecule has 34 heteroatoms. The van der Waals surface area contributed by atoms with Crippen LogP contribution in [0, 0.1) is 5.92 Å². The minimum atomic E-state index is -1.22. The average molecular weight is 1470 g/mol. The third-order valence-corrected chi connectivity index (χ3v) is 13.7. The van der Waals surface area contributed by atoms with Crippen LogP contribution < -0.4 is 38.8 Å². The molecule has 3 aromatic carbocycles. The van der Waals surface area contributed by atoms with E-state index in [9.17, 15) is 71.9 Å². The Morgan fingerprint density at radius 2 is 1.00 bits per heavy atom. The molecule has 2 heterocycles. The fourth-order valence-corrected chi connectivity index (χ4v) is 9.27. The van der Waals surface area contributed by atoms with Crippen LogP contribution in [0.4, 0.5) is 14.4 Å². The van der Waals surface area contributed by atoms with Gasteiger partial charge in [0.2, 0.25) is 23.6 Å². The number of nitrogens with zero attached hydrogens (tertiary/aromatic N) is 4. The van der Waals surface area contributed by atoms with Gasteiger partial charge in [0.15, 0.2) is 18.9 Å². The molecule has 5 rings (SSSR count). The second-order valence-corrected chi connectivity index (χ2v) is 22.7. The maximum Gasteiger partial charge on any atom is 0.413 e. The SMILES string of the molecule is C.C=[N+]=CC(=O)CC[C@H](NC(=O)OCc1ccc(OC(C)=O)cc1)C(=O)OCC.C=[N+]=CC(=O)CC[C@H](NC(=O)OCc1ccc(O[C@@H]2O[C@H](COC(C)=O)[C@@H](OC(C)=O)[C@H](OC(C)=O)[C@H]2CC(C)=O)cc1)C(=O)OC(C)C.C=[N+]=CC(=O)CC[C@H]1C(=O)OCN1C(=O)OCc1ccc(OC(C)=O)cc1. The molecule has 0 unspecified atom stereocenters. The van der Waals surface area contributed by atoms with Crippen molar-refractivity contribution in [1.82, 2.24) is 29.5 Å². The highest BCUT2D eigenvalue weighted by Gasteiger charge is 2.52. The van der Waals surface area contributed by atoms with Crippen molar-refractivity contribution in [1.29, 1.82) is 0 Å². The zero-order valence-electron chi connectivity index (χ0n) is 58.9. The Hall–Kier alpha value is -12.0. The first-order chi connectivity index (χ1) is 49.3. The monoisotopic (exact) mass is 1470 g/mol. The van der Waals surface area contributed by atoms with Crippen molar-refractivity contribution in [3.8, 4) is 17.2 Å². The Morgan fingerprint density at radius 3 is 1.42 bits per heavy atom. The molecule has 2 saturated heterocycles. The molecule has 0 spiro atoms. The van der Waals surface area contributed by atoms with E-state index in [1.807, 2.05) is 0 Å². The zero-order chi connectivity index (χ0) is 77.4. The summed E-state index contributed by atoms with van der Waals surface area (Å²) < 4.78 is 78.6. The van der Waals surface area contributed by atoms with Crippen molar-refractivity contribution in [2.75, 3.05) is 19.9 Å². The standard InChI is InChI=1S/C33H42N2O14.C19H22N2O7.C18H19N2O7.CH4/c1-18(2)45-31(41)27(13-10-24(40)15-34-7)35-33(42)44-16-23-8-11-25(12-9-23)48-32-26(14-19(3)36)29(46-21(5)38)30(47-22(6)39)28(49-32)17-43-20(4)37;1-4-26-18(24)17(10-7-15(23)11-20-3)21-19(25)27-12-14-5-8-16(9-6-14)28-13(2)22;1-12(21)27-15-6-3-13(4-7-15)10-25-18(24)20-11-26-17(23)16(20)8-5-14(22)9-19-2;/h8-9,11-12,15,18,26-30,32H,7,10,13-14,16-17H2,1-6H3;5-6,8-9,11,17H,3-4,7,10,12H2,1-2H3;3-4,6-7,9,16H,2,5,8,10-11H2,1H3;1H4/q;;+1;/p+2/t26-,27+,28-,29-,30-,32-;17-;16-;/m100./s1. The van der Waals surface area contributed by atoms with E-state index < -0.39 is 121 Å². The Morgan fingerprint density at radius 1 is 0.562 bits per heavy atom. The van der Waals surface area contributed by atoms with E-state index in [2.05, 4.69) is 44.8 Å². The number of alkyl carbamates (subject to hydrolysis) is 2. The van der Waals surface area contributed by atoms with Crippen LogP contribution in [-0.4, -0.2) is 202 Å². The van der Waals surface area contributed by atoms with Crippen LogP contribution in [0.2, 0.25) is 0 Å². The molecule has 2 aliphatic rings. The molecule has 3 amide bonds. The fraction of sp³-hybridized carbons (Fsp3) is 0.451. The molecule has 105 heavy (non-hydrogen) atoms. The molecule has 0 aromatic heterocycles. The predicted molar refractivity (Wildman–Crippen MR) is 372 cm³/mol. The van der Waals surface area contributed by atoms with Gasteiger partial charge in [0.25, 0.3) is 20.2 Å². The first-order valence-electron chi connectivity index (χ1n) is 32.1. The van der Waals surface area contributed by atoms with E-state index in [1.165, 1.54) is 39.8 Å². The van der Waals surface area contributed by atoms with Gasteiger partial charge in [0.05, 0.1) is 18.6 Å². The van der Waals surface area contributed by atoms with E-state index in [0.29, 0.717) is 28.2 Å². The summed E-state index contributed by atoms with van der Waals surface area (Å²) in [5.41, 5.74) is 1.85. The van der Waals surface area contributed by atoms with Crippen LogP contribution in [-0.2, 0) is 125 Å². The third-order valence-electron chi connectivity index (χ3n) is 13.7. The lowest BCUT2D eigenvalue weighted by Crippen LogP contribution is -2.60. The number of ketones is 4. The van der Waals surface area contributed by atoms with Crippen molar-refractivity contribution in [3.05, 3.63) is 89.5 Å². The molecule has 2 fully saturated rings. The van der Waals surface area contributed by atoms with E-state index in [-0.39, 0.29) is 121 Å². The summed E-state index contributed by atoms with van der Waals surface area (Å²) in [6.07, 6.45) is -4.73. The van der Waals surface area contributed by atoms with E-state index in [1.54, 1.807) is 81.4 Å². The molecular weight excluding hydrogens is 1380 g/mol. The van der Waals surface area contributed by atoms with Gasteiger partial charge in [0.1, 0.15) is 73.7 Å². The Bertz CT molecular complexity index is 3670. The summed E-state index contributed by atoms with van der Waals surface area (Å²) in [5.74, 6) is -6.13. The Kier molecular flexibility index (Phi) is 40.1. The number of carbonyl (C=O) groups excluding carboxylic acids is 15. The van der Waals surface area contributed by atoms with E-state index in [0.717, 1.165) is 37.4 Å². The number of nitrogens with one attached hydrogen (secondary N) is 2. The molecule has 3 aromatic rings. The molecular formula is C71H89N6O28+3. The van der Waals surface area contributed by atoms with Gasteiger partial charge in [-0.3, -0.25) is 43.3 Å². The van der Waals surface area contributed by atoms with Crippen molar-refractivity contribution in [2.45, 2.75) is 183 Å². The summed E-state index contributed by atoms with van der Waals surface area (Å²) in [5, 5.41) is 4.80. The summed E-state index contributed by atoms with van der Waals surface area (Å²) in [4.78, 5) is 179. The van der Waals surface area contributed by atoms with Crippen LogP contribution in [0.1, 0.15) is 131 Å². The molecule has 0 bridgehead atoms.